The van der Waals surface area contributed by atoms with E-state index < -0.39 is 11.9 Å². The lowest BCUT2D eigenvalue weighted by molar-refractivity contribution is -0.141. The summed E-state index contributed by atoms with van der Waals surface area (Å²) in [4.78, 5) is 11.2. The summed E-state index contributed by atoms with van der Waals surface area (Å²) in [6.45, 7) is 0.523. The number of hydrogen-bond donors (Lipinski definition) is 0. The van der Waals surface area contributed by atoms with Gasteiger partial charge in [0.1, 0.15) is 11.6 Å². The molecule has 8 heteroatoms. The van der Waals surface area contributed by atoms with Crippen molar-refractivity contribution < 1.29 is 17.6 Å². The summed E-state index contributed by atoms with van der Waals surface area (Å²) in [6.07, 6.45) is -3.07. The van der Waals surface area contributed by atoms with E-state index in [1.54, 1.807) is 31.1 Å². The predicted molar refractivity (Wildman–Crippen MR) is 87.1 cm³/mol. The molecular weight excluding hydrogens is 336 g/mol. The van der Waals surface area contributed by atoms with Crippen LogP contribution in [-0.4, -0.2) is 30.6 Å². The molecule has 0 amide bonds. The Balaban J connectivity index is 2.03. The monoisotopic (exact) mass is 354 g/mol. The Bertz CT molecular complexity index is 761. The van der Waals surface area contributed by atoms with E-state index >= 15 is 0 Å². The van der Waals surface area contributed by atoms with Crippen LogP contribution in [0.1, 0.15) is 30.1 Å². The fourth-order valence-corrected chi connectivity index (χ4v) is 2.99. The highest BCUT2D eigenvalue weighted by Gasteiger charge is 2.36. The van der Waals surface area contributed by atoms with E-state index in [0.29, 0.717) is 18.5 Å². The third-order valence-corrected chi connectivity index (χ3v) is 4.19. The van der Waals surface area contributed by atoms with Gasteiger partial charge in [-0.05, 0) is 30.5 Å². The average Bonchev–Trinajstić information content (AvgIpc) is 3.03. The highest BCUT2D eigenvalue weighted by atomic mass is 19.4. The van der Waals surface area contributed by atoms with Crippen molar-refractivity contribution in [3.05, 3.63) is 47.4 Å². The van der Waals surface area contributed by atoms with Crippen molar-refractivity contribution in [1.82, 2.24) is 9.97 Å². The minimum Gasteiger partial charge on any atom is -0.363 e. The fourth-order valence-electron chi connectivity index (χ4n) is 2.99. The summed E-state index contributed by atoms with van der Waals surface area (Å²) in [5.41, 5.74) is -0.268. The van der Waals surface area contributed by atoms with Gasteiger partial charge < -0.3 is 9.80 Å². The first-order valence-corrected chi connectivity index (χ1v) is 7.91. The van der Waals surface area contributed by atoms with Crippen LogP contribution in [-0.2, 0) is 6.18 Å². The molecule has 134 valence electrons. The third-order valence-electron chi connectivity index (χ3n) is 4.19. The van der Waals surface area contributed by atoms with Gasteiger partial charge in [-0.1, -0.05) is 12.1 Å². The second kappa shape index (κ2) is 6.50. The second-order valence-corrected chi connectivity index (χ2v) is 6.21. The van der Waals surface area contributed by atoms with E-state index in [4.69, 9.17) is 0 Å². The smallest absolute Gasteiger partial charge is 0.363 e. The second-order valence-electron chi connectivity index (χ2n) is 6.21. The van der Waals surface area contributed by atoms with Gasteiger partial charge in [0.15, 0.2) is 5.69 Å². The van der Waals surface area contributed by atoms with Gasteiger partial charge in [-0.3, -0.25) is 0 Å². The SMILES string of the molecule is CN(C)c1cc(C(F)(F)F)nc(N2CCCC2c2cccc(F)c2)n1. The van der Waals surface area contributed by atoms with Gasteiger partial charge in [-0.15, -0.1) is 0 Å². The highest BCUT2D eigenvalue weighted by molar-refractivity contribution is 5.48. The van der Waals surface area contributed by atoms with Crippen LogP contribution in [0.2, 0.25) is 0 Å². The molecule has 0 aliphatic carbocycles. The summed E-state index contributed by atoms with van der Waals surface area (Å²) in [7, 11) is 3.25. The Labute approximate surface area is 143 Å². The van der Waals surface area contributed by atoms with Gasteiger partial charge >= 0.3 is 6.18 Å². The number of anilines is 2. The molecule has 1 aliphatic rings. The molecule has 1 aliphatic heterocycles. The summed E-state index contributed by atoms with van der Waals surface area (Å²) < 4.78 is 53.1. The number of halogens is 4. The minimum absolute atomic E-state index is 0.0188. The van der Waals surface area contributed by atoms with Crippen LogP contribution in [0.25, 0.3) is 0 Å². The lowest BCUT2D eigenvalue weighted by Crippen LogP contribution is -2.27. The van der Waals surface area contributed by atoms with Gasteiger partial charge in [0.2, 0.25) is 5.95 Å². The molecule has 0 radical (unpaired) electrons. The molecule has 3 rings (SSSR count). The zero-order valence-corrected chi connectivity index (χ0v) is 13.9. The molecule has 0 saturated carbocycles. The molecule has 2 heterocycles. The van der Waals surface area contributed by atoms with E-state index in [2.05, 4.69) is 9.97 Å². The number of aromatic nitrogens is 2. The van der Waals surface area contributed by atoms with Gasteiger partial charge in [0.05, 0.1) is 6.04 Å². The number of nitrogens with zero attached hydrogens (tertiary/aromatic N) is 4. The Morgan fingerprint density at radius 1 is 1.16 bits per heavy atom. The molecule has 4 nitrogen and oxygen atoms in total. The molecule has 1 unspecified atom stereocenters. The van der Waals surface area contributed by atoms with E-state index in [1.807, 2.05) is 0 Å². The molecule has 0 bridgehead atoms. The Morgan fingerprint density at radius 3 is 2.56 bits per heavy atom. The van der Waals surface area contributed by atoms with Crippen molar-refractivity contribution >= 4 is 11.8 Å². The van der Waals surface area contributed by atoms with Crippen molar-refractivity contribution in [1.29, 1.82) is 0 Å². The summed E-state index contributed by atoms with van der Waals surface area (Å²) in [5.74, 6) is -0.171. The minimum atomic E-state index is -4.56. The van der Waals surface area contributed by atoms with Crippen molar-refractivity contribution in [3.8, 4) is 0 Å². The molecule has 1 saturated heterocycles. The van der Waals surface area contributed by atoms with Crippen LogP contribution in [0.5, 0.6) is 0 Å². The first-order valence-electron chi connectivity index (χ1n) is 7.91. The maximum atomic E-state index is 13.5. The molecule has 0 spiro atoms. The van der Waals surface area contributed by atoms with Gasteiger partial charge in [-0.25, -0.2) is 9.37 Å². The van der Waals surface area contributed by atoms with Crippen molar-refractivity contribution in [2.75, 3.05) is 30.4 Å². The molecule has 1 aromatic heterocycles. The van der Waals surface area contributed by atoms with Crippen molar-refractivity contribution in [2.24, 2.45) is 0 Å². The first-order chi connectivity index (χ1) is 11.8. The number of benzene rings is 1. The van der Waals surface area contributed by atoms with E-state index in [-0.39, 0.29) is 23.6 Å². The standard InChI is InChI=1S/C17H18F4N4/c1-24(2)15-10-14(17(19,20)21)22-16(23-15)25-8-4-7-13(25)11-5-3-6-12(18)9-11/h3,5-6,9-10,13H,4,7-8H2,1-2H3. The Morgan fingerprint density at radius 2 is 1.92 bits per heavy atom. The molecule has 1 atom stereocenters. The van der Waals surface area contributed by atoms with Crippen LogP contribution >= 0.6 is 0 Å². The van der Waals surface area contributed by atoms with Gasteiger partial charge in [0.25, 0.3) is 0 Å². The molecule has 25 heavy (non-hydrogen) atoms. The maximum absolute atomic E-state index is 13.5. The largest absolute Gasteiger partial charge is 0.433 e. The lowest BCUT2D eigenvalue weighted by Gasteiger charge is -2.27. The molecule has 2 aromatic rings. The van der Waals surface area contributed by atoms with Crippen LogP contribution in [0.3, 0.4) is 0 Å². The predicted octanol–water partition coefficient (Wildman–Crippen LogP) is 4.04. The van der Waals surface area contributed by atoms with Crippen molar-refractivity contribution in [2.45, 2.75) is 25.1 Å². The van der Waals surface area contributed by atoms with Crippen molar-refractivity contribution in [3.63, 3.8) is 0 Å². The number of hydrogen-bond acceptors (Lipinski definition) is 4. The lowest BCUT2D eigenvalue weighted by atomic mass is 10.0. The zero-order chi connectivity index (χ0) is 18.2. The first kappa shape index (κ1) is 17.4. The van der Waals surface area contributed by atoms with Gasteiger partial charge in [0, 0.05) is 26.7 Å². The van der Waals surface area contributed by atoms with Crippen LogP contribution in [0.15, 0.2) is 30.3 Å². The van der Waals surface area contributed by atoms with E-state index in [9.17, 15) is 17.6 Å². The highest BCUT2D eigenvalue weighted by Crippen LogP contribution is 2.37. The third kappa shape index (κ3) is 3.67. The zero-order valence-electron chi connectivity index (χ0n) is 13.9. The molecular formula is C17H18F4N4. The number of alkyl halides is 3. The molecule has 0 N–H and O–H groups in total. The fraction of sp³-hybridized carbons (Fsp3) is 0.412. The van der Waals surface area contributed by atoms with E-state index in [0.717, 1.165) is 12.5 Å². The maximum Gasteiger partial charge on any atom is 0.433 e. The van der Waals surface area contributed by atoms with Gasteiger partial charge in [-0.2, -0.15) is 18.2 Å². The quantitative estimate of drug-likeness (QED) is 0.779. The van der Waals surface area contributed by atoms with Crippen LogP contribution < -0.4 is 9.80 Å². The number of rotatable bonds is 3. The van der Waals surface area contributed by atoms with Crippen LogP contribution in [0.4, 0.5) is 29.3 Å². The molecule has 1 fully saturated rings. The molecule has 1 aromatic carbocycles. The summed E-state index contributed by atoms with van der Waals surface area (Å²) in [5, 5.41) is 0. The Kier molecular flexibility index (Phi) is 4.53. The summed E-state index contributed by atoms with van der Waals surface area (Å²) >= 11 is 0. The average molecular weight is 354 g/mol. The van der Waals surface area contributed by atoms with Crippen LogP contribution in [0, 0.1) is 5.82 Å². The summed E-state index contributed by atoms with van der Waals surface area (Å²) in [6, 6.07) is 6.80. The van der Waals surface area contributed by atoms with E-state index in [1.165, 1.54) is 17.0 Å². The Hall–Kier alpha value is -2.38. The topological polar surface area (TPSA) is 32.3 Å². The normalized spacial score (nSPS) is 17.8.